The molecule has 0 spiro atoms. The lowest BCUT2D eigenvalue weighted by Crippen LogP contribution is -2.30. The van der Waals surface area contributed by atoms with Gasteiger partial charge < -0.3 is 14.2 Å². The highest BCUT2D eigenvalue weighted by atomic mass is 16.6. The maximum absolute atomic E-state index is 12.8. The van der Waals surface area contributed by atoms with Gasteiger partial charge in [0.1, 0.15) is 13.2 Å². The van der Waals surface area contributed by atoms with Crippen molar-refractivity contribution < 1.29 is 28.6 Å². The van der Waals surface area contributed by atoms with Gasteiger partial charge in [0.15, 0.2) is 6.10 Å². The van der Waals surface area contributed by atoms with E-state index in [2.05, 4.69) is 69.4 Å². The highest BCUT2D eigenvalue weighted by Gasteiger charge is 2.19. The quantitative estimate of drug-likeness (QED) is 0.0262. The van der Waals surface area contributed by atoms with Crippen molar-refractivity contribution in [1.29, 1.82) is 0 Å². The van der Waals surface area contributed by atoms with Gasteiger partial charge in [-0.1, -0.05) is 223 Å². The number of carbonyl (C=O) groups excluding carboxylic acids is 3. The van der Waals surface area contributed by atoms with Crippen LogP contribution in [0.4, 0.5) is 0 Å². The molecule has 0 fully saturated rings. The van der Waals surface area contributed by atoms with Gasteiger partial charge >= 0.3 is 17.9 Å². The molecule has 0 aromatic carbocycles. The third-order valence-corrected chi connectivity index (χ3v) is 11.6. The van der Waals surface area contributed by atoms with Crippen molar-refractivity contribution in [3.8, 4) is 0 Å². The molecule has 62 heavy (non-hydrogen) atoms. The molecule has 1 atom stereocenters. The van der Waals surface area contributed by atoms with E-state index in [1.807, 2.05) is 0 Å². The van der Waals surface area contributed by atoms with Crippen molar-refractivity contribution in [2.45, 2.75) is 277 Å². The summed E-state index contributed by atoms with van der Waals surface area (Å²) in [4.78, 5) is 38.0. The molecular formula is C56H100O6. The number of hydrogen-bond donors (Lipinski definition) is 0. The van der Waals surface area contributed by atoms with Crippen LogP contribution in [0.1, 0.15) is 271 Å². The summed E-state index contributed by atoms with van der Waals surface area (Å²) in [5, 5.41) is 0. The Morgan fingerprint density at radius 2 is 0.629 bits per heavy atom. The van der Waals surface area contributed by atoms with Gasteiger partial charge in [0.2, 0.25) is 0 Å². The zero-order valence-electron chi connectivity index (χ0n) is 41.1. The van der Waals surface area contributed by atoms with Crippen LogP contribution in [0.25, 0.3) is 0 Å². The van der Waals surface area contributed by atoms with E-state index >= 15 is 0 Å². The van der Waals surface area contributed by atoms with Crippen LogP contribution in [0, 0.1) is 0 Å². The molecular weight excluding hydrogens is 769 g/mol. The van der Waals surface area contributed by atoms with E-state index in [1.54, 1.807) is 0 Å². The predicted octanol–water partition coefficient (Wildman–Crippen LogP) is 17.5. The lowest BCUT2D eigenvalue weighted by molar-refractivity contribution is -0.167. The van der Waals surface area contributed by atoms with E-state index in [0.29, 0.717) is 19.3 Å². The maximum atomic E-state index is 12.8. The fourth-order valence-corrected chi connectivity index (χ4v) is 7.57. The second-order valence-electron chi connectivity index (χ2n) is 17.8. The van der Waals surface area contributed by atoms with E-state index in [0.717, 1.165) is 96.3 Å². The van der Waals surface area contributed by atoms with Crippen molar-refractivity contribution in [3.05, 3.63) is 48.6 Å². The molecule has 6 nitrogen and oxygen atoms in total. The van der Waals surface area contributed by atoms with Gasteiger partial charge in [0.25, 0.3) is 0 Å². The summed E-state index contributed by atoms with van der Waals surface area (Å²) in [5.41, 5.74) is 0. The number of hydrogen-bond acceptors (Lipinski definition) is 6. The van der Waals surface area contributed by atoms with E-state index in [4.69, 9.17) is 14.2 Å². The normalized spacial score (nSPS) is 12.4. The van der Waals surface area contributed by atoms with E-state index < -0.39 is 6.10 Å². The Balaban J connectivity index is 4.35. The maximum Gasteiger partial charge on any atom is 0.306 e. The summed E-state index contributed by atoms with van der Waals surface area (Å²) in [7, 11) is 0. The van der Waals surface area contributed by atoms with Crippen molar-refractivity contribution in [1.82, 2.24) is 0 Å². The molecule has 0 aliphatic heterocycles. The molecule has 0 amide bonds. The van der Waals surface area contributed by atoms with Crippen LogP contribution in [-0.2, 0) is 28.6 Å². The summed E-state index contributed by atoms with van der Waals surface area (Å²) in [6.45, 7) is 6.50. The minimum Gasteiger partial charge on any atom is -0.462 e. The lowest BCUT2D eigenvalue weighted by Gasteiger charge is -2.18. The number of allylic oxidation sites excluding steroid dienone is 8. The third-order valence-electron chi connectivity index (χ3n) is 11.6. The van der Waals surface area contributed by atoms with Gasteiger partial charge in [-0.15, -0.1) is 0 Å². The number of esters is 3. The first-order valence-corrected chi connectivity index (χ1v) is 26.6. The van der Waals surface area contributed by atoms with E-state index in [9.17, 15) is 14.4 Å². The van der Waals surface area contributed by atoms with Crippen molar-refractivity contribution in [2.75, 3.05) is 13.2 Å². The molecule has 0 aromatic heterocycles. The van der Waals surface area contributed by atoms with Gasteiger partial charge in [-0.3, -0.25) is 14.4 Å². The topological polar surface area (TPSA) is 78.9 Å². The highest BCUT2D eigenvalue weighted by Crippen LogP contribution is 2.16. The standard InChI is InChI=1S/C56H100O6/c1-4-7-10-13-16-19-22-25-27-28-29-30-32-34-37-40-43-46-49-55(58)61-52-53(51-60-54(57)48-45-42-39-36-33-24-21-18-15-12-9-6-3)62-56(59)50-47-44-41-38-35-31-26-23-20-17-14-11-8-5-2/h8,11,17-18,20-21,26,31,53H,4-7,9-10,12-16,19,22-25,27-30,32-52H2,1-3H3/b11-8-,20-17-,21-18-,31-26-. The second-order valence-corrected chi connectivity index (χ2v) is 17.8. The van der Waals surface area contributed by atoms with Gasteiger partial charge in [0, 0.05) is 19.3 Å². The molecule has 0 aliphatic carbocycles. The summed E-state index contributed by atoms with van der Waals surface area (Å²) >= 11 is 0. The molecule has 0 saturated heterocycles. The summed E-state index contributed by atoms with van der Waals surface area (Å²) in [6.07, 6.45) is 61.0. The number of unbranched alkanes of at least 4 members (excludes halogenated alkanes) is 29. The fourth-order valence-electron chi connectivity index (χ4n) is 7.57. The first-order valence-electron chi connectivity index (χ1n) is 26.6. The lowest BCUT2D eigenvalue weighted by atomic mass is 10.0. The van der Waals surface area contributed by atoms with Gasteiger partial charge in [-0.05, 0) is 77.0 Å². The van der Waals surface area contributed by atoms with E-state index in [-0.39, 0.29) is 31.1 Å². The zero-order valence-corrected chi connectivity index (χ0v) is 41.1. The molecule has 0 aliphatic rings. The second kappa shape index (κ2) is 51.0. The Morgan fingerprint density at radius 3 is 1.03 bits per heavy atom. The molecule has 0 heterocycles. The summed E-state index contributed by atoms with van der Waals surface area (Å²) in [6, 6.07) is 0. The summed E-state index contributed by atoms with van der Waals surface area (Å²) < 4.78 is 16.8. The first-order chi connectivity index (χ1) is 30.5. The molecule has 6 heteroatoms. The molecule has 360 valence electrons. The van der Waals surface area contributed by atoms with Crippen molar-refractivity contribution >= 4 is 17.9 Å². The van der Waals surface area contributed by atoms with Gasteiger partial charge in [-0.2, -0.15) is 0 Å². The minimum atomic E-state index is -0.785. The van der Waals surface area contributed by atoms with Gasteiger partial charge in [0.05, 0.1) is 0 Å². The monoisotopic (exact) mass is 869 g/mol. The smallest absolute Gasteiger partial charge is 0.306 e. The Kier molecular flexibility index (Phi) is 48.8. The molecule has 0 rings (SSSR count). The summed E-state index contributed by atoms with van der Waals surface area (Å²) in [5.74, 6) is -0.905. The third kappa shape index (κ3) is 48.4. The van der Waals surface area contributed by atoms with Crippen LogP contribution in [0.2, 0.25) is 0 Å². The van der Waals surface area contributed by atoms with Crippen LogP contribution < -0.4 is 0 Å². The van der Waals surface area contributed by atoms with Crippen LogP contribution >= 0.6 is 0 Å². The van der Waals surface area contributed by atoms with Crippen LogP contribution in [-0.4, -0.2) is 37.2 Å². The van der Waals surface area contributed by atoms with Crippen LogP contribution in [0.15, 0.2) is 48.6 Å². The van der Waals surface area contributed by atoms with E-state index in [1.165, 1.54) is 135 Å². The van der Waals surface area contributed by atoms with Crippen LogP contribution in [0.3, 0.4) is 0 Å². The number of ether oxygens (including phenoxy) is 3. The Bertz CT molecular complexity index is 1090. The Labute approximate surface area is 384 Å². The van der Waals surface area contributed by atoms with Crippen molar-refractivity contribution in [2.24, 2.45) is 0 Å². The first kappa shape index (κ1) is 59.4. The average Bonchev–Trinajstić information content (AvgIpc) is 3.27. The molecule has 1 unspecified atom stereocenters. The molecule has 0 N–H and O–H groups in total. The Morgan fingerprint density at radius 1 is 0.339 bits per heavy atom. The number of rotatable bonds is 48. The predicted molar refractivity (Wildman–Crippen MR) is 265 cm³/mol. The molecule has 0 radical (unpaired) electrons. The fraction of sp³-hybridized carbons (Fsp3) is 0.804. The average molecular weight is 869 g/mol. The SMILES string of the molecule is CC/C=C\C/C=C\C/C=C\CCCCCCC(=O)OC(COC(=O)CCCCCCC/C=C\CCCCC)COC(=O)CCCCCCCCCCCCCCCCCCCC. The van der Waals surface area contributed by atoms with Gasteiger partial charge in [-0.25, -0.2) is 0 Å². The minimum absolute atomic E-state index is 0.0824. The molecule has 0 saturated carbocycles. The Hall–Kier alpha value is -2.63. The molecule has 0 bridgehead atoms. The van der Waals surface area contributed by atoms with Crippen LogP contribution in [0.5, 0.6) is 0 Å². The number of carbonyl (C=O) groups is 3. The zero-order chi connectivity index (χ0) is 45.1. The molecule has 0 aromatic rings. The largest absolute Gasteiger partial charge is 0.462 e. The van der Waals surface area contributed by atoms with Crippen molar-refractivity contribution in [3.63, 3.8) is 0 Å². The highest BCUT2D eigenvalue weighted by molar-refractivity contribution is 5.71.